The Morgan fingerprint density at radius 3 is 2.46 bits per heavy atom. The average molecular weight is 507 g/mol. The average Bonchev–Trinajstić information content (AvgIpc) is 3.28. The number of oxazole rings is 1. The van der Waals surface area contributed by atoms with Gasteiger partial charge in [-0.3, -0.25) is 14.6 Å². The summed E-state index contributed by atoms with van der Waals surface area (Å²) in [5, 5.41) is 0.546. The van der Waals surface area contributed by atoms with E-state index in [1.807, 2.05) is 21.9 Å². The molecule has 0 atom stereocenters. The lowest BCUT2D eigenvalue weighted by Gasteiger charge is -2.58. The van der Waals surface area contributed by atoms with E-state index in [2.05, 4.69) is 15.0 Å². The lowest BCUT2D eigenvalue weighted by atomic mass is 9.61. The van der Waals surface area contributed by atoms with Gasteiger partial charge in [0.25, 0.3) is 17.5 Å². The zero-order chi connectivity index (χ0) is 25.4. The number of anilines is 2. The summed E-state index contributed by atoms with van der Waals surface area (Å²) in [6, 6.07) is 12.8. The van der Waals surface area contributed by atoms with Crippen molar-refractivity contribution in [3.8, 4) is 0 Å². The van der Waals surface area contributed by atoms with Gasteiger partial charge in [-0.1, -0.05) is 12.1 Å². The molecule has 1 amide bonds. The van der Waals surface area contributed by atoms with Crippen molar-refractivity contribution in [2.45, 2.75) is 18.8 Å². The Morgan fingerprint density at radius 1 is 0.946 bits per heavy atom. The third-order valence-electron chi connectivity index (χ3n) is 7.68. The molecule has 0 unspecified atom stereocenters. The Hall–Kier alpha value is -4.02. The predicted molar refractivity (Wildman–Crippen MR) is 133 cm³/mol. The molecule has 4 heterocycles. The van der Waals surface area contributed by atoms with E-state index in [4.69, 9.17) is 4.42 Å². The summed E-state index contributed by atoms with van der Waals surface area (Å²) in [6.45, 7) is 3.08. The second kappa shape index (κ2) is 7.74. The molecule has 2 aliphatic heterocycles. The minimum absolute atomic E-state index is 0.0738. The zero-order valence-electron chi connectivity index (χ0n) is 19.9. The number of piperazine rings is 1. The summed E-state index contributed by atoms with van der Waals surface area (Å²) >= 11 is 0. The minimum Gasteiger partial charge on any atom is -0.423 e. The normalized spacial score (nSPS) is 20.3. The van der Waals surface area contributed by atoms with Gasteiger partial charge in [0.1, 0.15) is 5.52 Å². The summed E-state index contributed by atoms with van der Waals surface area (Å²) < 4.78 is 32.5. The van der Waals surface area contributed by atoms with Crippen LogP contribution in [-0.2, 0) is 0 Å². The smallest absolute Gasteiger partial charge is 0.298 e. The van der Waals surface area contributed by atoms with Crippen molar-refractivity contribution in [3.63, 3.8) is 0 Å². The number of benzene rings is 2. The topological polar surface area (TPSA) is 98.6 Å². The van der Waals surface area contributed by atoms with Crippen LogP contribution in [-0.4, -0.2) is 71.0 Å². The van der Waals surface area contributed by atoms with Crippen LogP contribution in [0, 0.1) is 5.41 Å². The van der Waals surface area contributed by atoms with Crippen LogP contribution < -0.4 is 15.4 Å². The SMILES string of the molecule is O=C(c1ccc2nc(N3CC4(C3)CC(F)(F)C4)oc2c1)N1CCN(c2nc3ccccc3c(=O)[nH]2)CC1. The highest BCUT2D eigenvalue weighted by Crippen LogP contribution is 2.57. The van der Waals surface area contributed by atoms with Crippen molar-refractivity contribution < 1.29 is 18.0 Å². The summed E-state index contributed by atoms with van der Waals surface area (Å²) in [4.78, 5) is 43.2. The van der Waals surface area contributed by atoms with Crippen molar-refractivity contribution in [1.82, 2.24) is 19.9 Å². The molecule has 2 saturated heterocycles. The number of rotatable bonds is 3. The number of carbonyl (C=O) groups is 1. The van der Waals surface area contributed by atoms with Crippen LogP contribution in [0.15, 0.2) is 51.7 Å². The first kappa shape index (κ1) is 22.2. The molecule has 2 aromatic heterocycles. The molecule has 9 nitrogen and oxygen atoms in total. The van der Waals surface area contributed by atoms with Crippen molar-refractivity contribution in [3.05, 3.63) is 58.4 Å². The summed E-state index contributed by atoms with van der Waals surface area (Å²) in [5.41, 5.74) is 1.76. The number of fused-ring (bicyclic) bond motifs is 2. The fourth-order valence-electron chi connectivity index (χ4n) is 5.88. The molecule has 0 radical (unpaired) electrons. The maximum absolute atomic E-state index is 13.3. The number of amides is 1. The highest BCUT2D eigenvalue weighted by Gasteiger charge is 2.62. The van der Waals surface area contributed by atoms with E-state index in [1.165, 1.54) is 0 Å². The van der Waals surface area contributed by atoms with Gasteiger partial charge in [0.05, 0.1) is 10.9 Å². The molecule has 0 bridgehead atoms. The van der Waals surface area contributed by atoms with E-state index in [9.17, 15) is 18.4 Å². The Balaban J connectivity index is 1.02. The van der Waals surface area contributed by atoms with Gasteiger partial charge in [0.15, 0.2) is 5.58 Å². The number of nitrogens with zero attached hydrogens (tertiary/aromatic N) is 5. The molecular formula is C26H24F2N6O3. The molecule has 2 aromatic carbocycles. The van der Waals surface area contributed by atoms with Gasteiger partial charge in [0.2, 0.25) is 11.9 Å². The Bertz CT molecular complexity index is 1590. The maximum Gasteiger partial charge on any atom is 0.298 e. The third-order valence-corrected chi connectivity index (χ3v) is 7.68. The van der Waals surface area contributed by atoms with Crippen LogP contribution in [0.1, 0.15) is 23.2 Å². The Labute approximate surface area is 209 Å². The van der Waals surface area contributed by atoms with Crippen LogP contribution in [0.5, 0.6) is 0 Å². The van der Waals surface area contributed by atoms with Crippen molar-refractivity contribution in [2.24, 2.45) is 5.41 Å². The quantitative estimate of drug-likeness (QED) is 0.456. The molecule has 1 N–H and O–H groups in total. The van der Waals surface area contributed by atoms with Gasteiger partial charge < -0.3 is 19.1 Å². The Morgan fingerprint density at radius 2 is 1.70 bits per heavy atom. The Kier molecular flexibility index (Phi) is 4.64. The zero-order valence-corrected chi connectivity index (χ0v) is 19.9. The van der Waals surface area contributed by atoms with E-state index in [0.29, 0.717) is 78.8 Å². The van der Waals surface area contributed by atoms with Crippen LogP contribution >= 0.6 is 0 Å². The van der Waals surface area contributed by atoms with Crippen LogP contribution in [0.25, 0.3) is 22.0 Å². The van der Waals surface area contributed by atoms with Gasteiger partial charge in [-0.15, -0.1) is 0 Å². The predicted octanol–water partition coefficient (Wildman–Crippen LogP) is 3.26. The van der Waals surface area contributed by atoms with Crippen LogP contribution in [0.3, 0.4) is 0 Å². The number of carbonyl (C=O) groups excluding carboxylic acids is 1. The number of hydrogen-bond donors (Lipinski definition) is 1. The van der Waals surface area contributed by atoms with Crippen molar-refractivity contribution in [1.29, 1.82) is 0 Å². The maximum atomic E-state index is 13.3. The van der Waals surface area contributed by atoms with Gasteiger partial charge >= 0.3 is 0 Å². The molecule has 3 fully saturated rings. The molecule has 7 rings (SSSR count). The molecule has 11 heteroatoms. The largest absolute Gasteiger partial charge is 0.423 e. The second-order valence-corrected chi connectivity index (χ2v) is 10.4. The number of para-hydroxylation sites is 1. The van der Waals surface area contributed by atoms with E-state index in [1.54, 1.807) is 35.2 Å². The molecule has 1 spiro atoms. The number of halogens is 2. The molecular weight excluding hydrogens is 482 g/mol. The van der Waals surface area contributed by atoms with Crippen LogP contribution in [0.4, 0.5) is 20.7 Å². The summed E-state index contributed by atoms with van der Waals surface area (Å²) in [6.07, 6.45) is -0.148. The first-order valence-corrected chi connectivity index (χ1v) is 12.3. The molecule has 1 saturated carbocycles. The molecule has 190 valence electrons. The molecule has 3 aliphatic rings. The van der Waals surface area contributed by atoms with E-state index in [-0.39, 0.29) is 29.7 Å². The minimum atomic E-state index is -2.54. The van der Waals surface area contributed by atoms with E-state index < -0.39 is 5.92 Å². The molecule has 1 aliphatic carbocycles. The van der Waals surface area contributed by atoms with E-state index >= 15 is 0 Å². The molecule has 4 aromatic rings. The van der Waals surface area contributed by atoms with Gasteiger partial charge in [-0.2, -0.15) is 4.98 Å². The number of alkyl halides is 2. The monoisotopic (exact) mass is 506 g/mol. The second-order valence-electron chi connectivity index (χ2n) is 10.4. The lowest BCUT2D eigenvalue weighted by molar-refractivity contribution is -0.170. The number of aromatic amines is 1. The highest BCUT2D eigenvalue weighted by atomic mass is 19.3. The van der Waals surface area contributed by atoms with Gasteiger partial charge in [0, 0.05) is 63.1 Å². The molecule has 37 heavy (non-hydrogen) atoms. The third kappa shape index (κ3) is 3.71. The van der Waals surface area contributed by atoms with Crippen LogP contribution in [0.2, 0.25) is 0 Å². The number of H-pyrrole nitrogens is 1. The highest BCUT2D eigenvalue weighted by molar-refractivity contribution is 5.97. The lowest BCUT2D eigenvalue weighted by Crippen LogP contribution is -2.66. The van der Waals surface area contributed by atoms with E-state index in [0.717, 1.165) is 0 Å². The fraction of sp³-hybridized carbons (Fsp3) is 0.385. The first-order chi connectivity index (χ1) is 17.8. The first-order valence-electron chi connectivity index (χ1n) is 12.3. The van der Waals surface area contributed by atoms with Gasteiger partial charge in [-0.05, 0) is 30.3 Å². The summed E-state index contributed by atoms with van der Waals surface area (Å²) in [7, 11) is 0. The number of aromatic nitrogens is 3. The van der Waals surface area contributed by atoms with Crippen molar-refractivity contribution in [2.75, 3.05) is 49.1 Å². The number of nitrogens with one attached hydrogen (secondary N) is 1. The standard InChI is InChI=1S/C26H24F2N6O3/c27-26(28)12-25(13-26)14-34(15-25)24-30-19-6-5-16(11-20(19)37-24)22(36)32-7-9-33(10-8-32)23-29-18-4-2-1-3-17(18)21(35)31-23/h1-6,11H,7-10,12-15H2,(H,29,31,35). The van der Waals surface area contributed by atoms with Crippen molar-refractivity contribution >= 4 is 39.9 Å². The number of hydrogen-bond acceptors (Lipinski definition) is 7. The summed E-state index contributed by atoms with van der Waals surface area (Å²) in [5.74, 6) is -2.15. The fourth-order valence-corrected chi connectivity index (χ4v) is 5.88. The van der Waals surface area contributed by atoms with Gasteiger partial charge in [-0.25, -0.2) is 13.8 Å².